The predicted molar refractivity (Wildman–Crippen MR) is 169 cm³/mol. The van der Waals surface area contributed by atoms with Gasteiger partial charge in [0.05, 0.1) is 31.6 Å². The van der Waals surface area contributed by atoms with E-state index in [2.05, 4.69) is 3.63 Å². The van der Waals surface area contributed by atoms with Gasteiger partial charge in [0.2, 0.25) is 0 Å². The molecule has 4 fully saturated rings. The van der Waals surface area contributed by atoms with Crippen LogP contribution in [0.4, 0.5) is 26.3 Å². The van der Waals surface area contributed by atoms with Gasteiger partial charge >= 0.3 is 33.2 Å². The lowest BCUT2D eigenvalue weighted by atomic mass is 9.45. The zero-order chi connectivity index (χ0) is 34.6. The SMILES string of the molecule is O=C(OCC12CC3CC(CC(CCl)(C3)C1)C2)C(C(F)(F)F)(C(F)(F)F)S(=O)(=O)[OH+]S(c1ccccc1)(c1ccccc1)c1ccccc1. The summed E-state index contributed by atoms with van der Waals surface area (Å²) in [4.78, 5) is 13.7. The predicted octanol–water partition coefficient (Wildman–Crippen LogP) is 9.54. The molecule has 5 nitrogen and oxygen atoms in total. The molecule has 0 radical (unpaired) electrons. The highest BCUT2D eigenvalue weighted by Gasteiger charge is 2.89. The van der Waals surface area contributed by atoms with Gasteiger partial charge in [-0.2, -0.15) is 34.8 Å². The number of carbonyl (C=O) groups excluding carboxylic acids is 1. The topological polar surface area (TPSA) is 73.2 Å². The molecule has 48 heavy (non-hydrogen) atoms. The summed E-state index contributed by atoms with van der Waals surface area (Å²) >= 11 is 6.32. The fourth-order valence-electron chi connectivity index (χ4n) is 8.68. The minimum atomic E-state index is -6.88. The second-order valence-corrected chi connectivity index (χ2v) is 18.4. The Morgan fingerprint density at radius 2 is 1.12 bits per heavy atom. The van der Waals surface area contributed by atoms with Gasteiger partial charge in [-0.05, 0) is 92.2 Å². The lowest BCUT2D eigenvalue weighted by Gasteiger charge is -2.61. The zero-order valence-electron chi connectivity index (χ0n) is 25.5. The Balaban J connectivity index is 1.48. The minimum absolute atomic E-state index is 0.0394. The van der Waals surface area contributed by atoms with Crippen LogP contribution in [0.15, 0.2) is 106 Å². The van der Waals surface area contributed by atoms with Gasteiger partial charge in [-0.3, -0.25) is 3.63 Å². The van der Waals surface area contributed by atoms with Crippen molar-refractivity contribution in [2.24, 2.45) is 22.7 Å². The monoisotopic (exact) mass is 735 g/mol. The lowest BCUT2D eigenvalue weighted by molar-refractivity contribution is -0.271. The first kappa shape index (κ1) is 35.1. The van der Waals surface area contributed by atoms with Crippen LogP contribution >= 0.6 is 21.9 Å². The van der Waals surface area contributed by atoms with E-state index in [0.717, 1.165) is 19.3 Å². The van der Waals surface area contributed by atoms with E-state index in [1.165, 1.54) is 72.8 Å². The molecule has 2 atom stereocenters. The average molecular weight is 736 g/mol. The molecule has 4 aliphatic carbocycles. The summed E-state index contributed by atoms with van der Waals surface area (Å²) in [7, 11) is -10.7. The van der Waals surface area contributed by atoms with Crippen molar-refractivity contribution in [3.63, 3.8) is 0 Å². The number of benzene rings is 3. The van der Waals surface area contributed by atoms with E-state index in [-0.39, 0.29) is 37.8 Å². The highest BCUT2D eigenvalue weighted by Crippen LogP contribution is 2.70. The third-order valence-electron chi connectivity index (χ3n) is 10.0. The van der Waals surface area contributed by atoms with Gasteiger partial charge in [0.1, 0.15) is 0 Å². The zero-order valence-corrected chi connectivity index (χ0v) is 27.9. The largest absolute Gasteiger partial charge is 0.463 e. The summed E-state index contributed by atoms with van der Waals surface area (Å²) in [6, 6.07) is 21.8. The van der Waals surface area contributed by atoms with Crippen molar-refractivity contribution in [3.8, 4) is 0 Å². The van der Waals surface area contributed by atoms with Gasteiger partial charge in [-0.25, -0.2) is 4.79 Å². The molecule has 0 spiro atoms. The minimum Gasteiger partial charge on any atom is -0.463 e. The van der Waals surface area contributed by atoms with Gasteiger partial charge in [-0.15, -0.1) is 11.6 Å². The summed E-state index contributed by atoms with van der Waals surface area (Å²) in [5.41, 5.74) is -1.25. The molecule has 14 heteroatoms. The molecule has 4 aliphatic rings. The van der Waals surface area contributed by atoms with Gasteiger partial charge in [0, 0.05) is 11.3 Å². The normalized spacial score (nSPS) is 26.3. The van der Waals surface area contributed by atoms with Crippen LogP contribution in [0.2, 0.25) is 0 Å². The first-order valence-electron chi connectivity index (χ1n) is 15.4. The average Bonchev–Trinajstić information content (AvgIpc) is 3.02. The van der Waals surface area contributed by atoms with Gasteiger partial charge in [-0.1, -0.05) is 54.6 Å². The second kappa shape index (κ2) is 12.2. The number of ether oxygens (including phenoxy) is 1. The van der Waals surface area contributed by atoms with Crippen LogP contribution in [0.25, 0.3) is 0 Å². The van der Waals surface area contributed by atoms with Crippen molar-refractivity contribution in [1.29, 1.82) is 0 Å². The maximum absolute atomic E-state index is 15.1. The number of halogens is 7. The highest BCUT2D eigenvalue weighted by molar-refractivity contribution is 8.32. The quantitative estimate of drug-likeness (QED) is 0.0684. The Morgan fingerprint density at radius 1 is 0.729 bits per heavy atom. The maximum Gasteiger partial charge on any atom is 0.435 e. The van der Waals surface area contributed by atoms with E-state index in [1.54, 1.807) is 18.2 Å². The number of alkyl halides is 7. The highest BCUT2D eigenvalue weighted by atomic mass is 35.5. The Labute approximate surface area is 281 Å². The first-order valence-corrected chi connectivity index (χ1v) is 18.9. The fourth-order valence-corrected chi connectivity index (χ4v) is 15.0. The Bertz CT molecular complexity index is 1610. The summed E-state index contributed by atoms with van der Waals surface area (Å²) in [6.45, 7) is -0.783. The number of esters is 1. The molecule has 2 unspecified atom stereocenters. The lowest BCUT2D eigenvalue weighted by Crippen LogP contribution is -2.68. The number of carbonyl (C=O) groups is 1. The van der Waals surface area contributed by atoms with Crippen molar-refractivity contribution in [1.82, 2.24) is 0 Å². The summed E-state index contributed by atoms with van der Waals surface area (Å²) in [6.07, 6.45) is -9.70. The molecule has 7 rings (SSSR count). The van der Waals surface area contributed by atoms with E-state index in [4.69, 9.17) is 16.3 Å². The van der Waals surface area contributed by atoms with Crippen molar-refractivity contribution >= 4 is 38.0 Å². The van der Waals surface area contributed by atoms with E-state index in [0.29, 0.717) is 19.3 Å². The van der Waals surface area contributed by atoms with Crippen molar-refractivity contribution in [3.05, 3.63) is 91.0 Å². The van der Waals surface area contributed by atoms with E-state index in [1.807, 2.05) is 0 Å². The van der Waals surface area contributed by atoms with Crippen molar-refractivity contribution < 1.29 is 47.9 Å². The molecular formula is C34H34ClF6O5S2+. The molecule has 0 heterocycles. The molecule has 260 valence electrons. The third-order valence-corrected chi connectivity index (χ3v) is 16.5. The first-order chi connectivity index (χ1) is 22.5. The molecule has 0 aromatic heterocycles. The summed E-state index contributed by atoms with van der Waals surface area (Å²) in [5.74, 6) is -2.40. The Morgan fingerprint density at radius 3 is 1.50 bits per heavy atom. The second-order valence-electron chi connectivity index (χ2n) is 13.4. The Hall–Kier alpha value is -2.74. The van der Waals surface area contributed by atoms with Gasteiger partial charge < -0.3 is 4.74 Å². The summed E-state index contributed by atoms with van der Waals surface area (Å²) < 4.78 is 122. The van der Waals surface area contributed by atoms with Crippen molar-refractivity contribution in [2.45, 2.75) is 70.3 Å². The van der Waals surface area contributed by atoms with Crippen LogP contribution in [-0.2, 0) is 19.6 Å². The summed E-state index contributed by atoms with van der Waals surface area (Å²) in [5, 5.41) is 0. The molecular weight excluding hydrogens is 702 g/mol. The van der Waals surface area contributed by atoms with Crippen LogP contribution in [0, 0.1) is 22.7 Å². The molecule has 0 saturated heterocycles. The molecule has 4 saturated carbocycles. The number of rotatable bonds is 10. The number of hydrogen-bond donors (Lipinski definition) is 0. The van der Waals surface area contributed by atoms with Crippen molar-refractivity contribution in [2.75, 3.05) is 12.5 Å². The standard InChI is InChI=1S/C34H33ClF6O5S2/c35-22-30-17-24-16-25(18-30)20-31(19-24,21-30)23-45-29(42)32(33(36,37)38,34(39,40)41)48(43,44)46-47(26-10-4-1-5-11-26,27-12-6-2-7-13-27)28-14-8-3-9-15-28/h1-15,24-25H,16-23H2/p+1. The molecule has 3 aromatic carbocycles. The van der Waals surface area contributed by atoms with E-state index < -0.39 is 55.5 Å². The van der Waals surface area contributed by atoms with Crippen LogP contribution < -0.4 is 0 Å². The number of hydrogen-bond acceptors (Lipinski definition) is 4. The van der Waals surface area contributed by atoms with Gasteiger partial charge in [0.25, 0.3) is 0 Å². The van der Waals surface area contributed by atoms with E-state index >= 15 is 26.3 Å². The van der Waals surface area contributed by atoms with Crippen LogP contribution in [0.5, 0.6) is 0 Å². The smallest absolute Gasteiger partial charge is 0.435 e. The molecule has 3 aromatic rings. The Kier molecular flexibility index (Phi) is 8.95. The third kappa shape index (κ3) is 5.62. The van der Waals surface area contributed by atoms with E-state index in [9.17, 15) is 13.2 Å². The molecule has 1 N–H and O–H groups in total. The molecule has 0 amide bonds. The van der Waals surface area contributed by atoms with Gasteiger partial charge in [0.15, 0.2) is 0 Å². The van der Waals surface area contributed by atoms with Crippen LogP contribution in [0.1, 0.15) is 38.5 Å². The molecule has 4 bridgehead atoms. The molecule has 0 aliphatic heterocycles. The van der Waals surface area contributed by atoms with Crippen LogP contribution in [-0.4, -0.2) is 47.6 Å². The fraction of sp³-hybridized carbons (Fsp3) is 0.441. The maximum atomic E-state index is 15.1. The van der Waals surface area contributed by atoms with Crippen LogP contribution in [0.3, 0.4) is 0 Å².